The highest BCUT2D eigenvalue weighted by Gasteiger charge is 2.35. The Kier molecular flexibility index (Phi) is 3.28. The van der Waals surface area contributed by atoms with E-state index in [9.17, 15) is 4.39 Å². The van der Waals surface area contributed by atoms with E-state index in [4.69, 9.17) is 5.73 Å². The minimum Gasteiger partial charge on any atom is -0.324 e. The lowest BCUT2D eigenvalue weighted by Crippen LogP contribution is -2.41. The van der Waals surface area contributed by atoms with Crippen LogP contribution in [0.2, 0.25) is 0 Å². The van der Waals surface area contributed by atoms with Gasteiger partial charge in [0.1, 0.15) is 11.3 Å². The average molecular weight is 275 g/mol. The summed E-state index contributed by atoms with van der Waals surface area (Å²) >= 11 is 0. The fourth-order valence-electron chi connectivity index (χ4n) is 3.36. The molecule has 1 heterocycles. The summed E-state index contributed by atoms with van der Waals surface area (Å²) in [6, 6.07) is 5.36. The van der Waals surface area contributed by atoms with Crippen molar-refractivity contribution < 1.29 is 4.39 Å². The standard InChI is InChI=1S/C16H22FN3/c1-11(2)20-13-8-6-7-12(17)14(13)19-15(20)16(18)9-4-3-5-10-16/h6-8,11H,3-5,9-10,18H2,1-2H3. The second kappa shape index (κ2) is 4.85. The lowest BCUT2D eigenvalue weighted by Gasteiger charge is -2.34. The summed E-state index contributed by atoms with van der Waals surface area (Å²) in [5.74, 6) is 0.592. The first-order valence-electron chi connectivity index (χ1n) is 7.49. The van der Waals surface area contributed by atoms with Gasteiger partial charge in [-0.2, -0.15) is 0 Å². The Morgan fingerprint density at radius 1 is 1.25 bits per heavy atom. The van der Waals surface area contributed by atoms with Crippen LogP contribution in [0.4, 0.5) is 4.39 Å². The highest BCUT2D eigenvalue weighted by molar-refractivity contribution is 5.77. The lowest BCUT2D eigenvalue weighted by atomic mass is 9.82. The molecule has 1 saturated carbocycles. The zero-order valence-electron chi connectivity index (χ0n) is 12.2. The molecule has 2 aromatic rings. The molecule has 3 rings (SSSR count). The van der Waals surface area contributed by atoms with Crippen molar-refractivity contribution in [1.29, 1.82) is 0 Å². The molecule has 108 valence electrons. The number of nitrogens with two attached hydrogens (primary N) is 1. The van der Waals surface area contributed by atoms with E-state index in [0.29, 0.717) is 5.52 Å². The predicted octanol–water partition coefficient (Wildman–Crippen LogP) is 3.87. The van der Waals surface area contributed by atoms with Gasteiger partial charge in [-0.25, -0.2) is 9.37 Å². The normalized spacial score (nSPS) is 18.9. The maximum Gasteiger partial charge on any atom is 0.151 e. The molecule has 1 aliphatic carbocycles. The van der Waals surface area contributed by atoms with E-state index in [2.05, 4.69) is 23.4 Å². The molecule has 1 aliphatic rings. The molecule has 0 spiro atoms. The number of halogens is 1. The van der Waals surface area contributed by atoms with Crippen molar-refractivity contribution in [2.45, 2.75) is 57.5 Å². The quantitative estimate of drug-likeness (QED) is 0.904. The van der Waals surface area contributed by atoms with Crippen LogP contribution in [0.1, 0.15) is 57.8 Å². The van der Waals surface area contributed by atoms with E-state index in [1.807, 2.05) is 6.07 Å². The SMILES string of the molecule is CC(C)n1c(C2(N)CCCCC2)nc2c(F)cccc21. The van der Waals surface area contributed by atoms with Crippen LogP contribution < -0.4 is 5.73 Å². The van der Waals surface area contributed by atoms with Crippen molar-refractivity contribution in [3.05, 3.63) is 29.8 Å². The molecule has 0 amide bonds. The highest BCUT2D eigenvalue weighted by atomic mass is 19.1. The maximum atomic E-state index is 14.0. The second-order valence-electron chi connectivity index (χ2n) is 6.22. The molecule has 1 fully saturated rings. The summed E-state index contributed by atoms with van der Waals surface area (Å²) in [4.78, 5) is 4.59. The smallest absolute Gasteiger partial charge is 0.151 e. The Hall–Kier alpha value is -1.42. The number of hydrogen-bond acceptors (Lipinski definition) is 2. The van der Waals surface area contributed by atoms with Crippen LogP contribution in [0.25, 0.3) is 11.0 Å². The Labute approximate surface area is 119 Å². The molecular weight excluding hydrogens is 253 g/mol. The van der Waals surface area contributed by atoms with Crippen LogP contribution >= 0.6 is 0 Å². The third kappa shape index (κ3) is 2.03. The first-order valence-corrected chi connectivity index (χ1v) is 7.49. The van der Waals surface area contributed by atoms with E-state index < -0.39 is 5.54 Å². The van der Waals surface area contributed by atoms with E-state index in [0.717, 1.165) is 37.0 Å². The van der Waals surface area contributed by atoms with Gasteiger partial charge in [0, 0.05) is 6.04 Å². The third-order valence-electron chi connectivity index (χ3n) is 4.38. The summed E-state index contributed by atoms with van der Waals surface area (Å²) in [6.45, 7) is 4.20. The Morgan fingerprint density at radius 3 is 2.60 bits per heavy atom. The number of nitrogens with zero attached hydrogens (tertiary/aromatic N) is 2. The van der Waals surface area contributed by atoms with Crippen LogP contribution in [0, 0.1) is 5.82 Å². The van der Waals surface area contributed by atoms with Gasteiger partial charge >= 0.3 is 0 Å². The van der Waals surface area contributed by atoms with Crippen molar-refractivity contribution in [3.8, 4) is 0 Å². The van der Waals surface area contributed by atoms with Crippen molar-refractivity contribution >= 4 is 11.0 Å². The van der Waals surface area contributed by atoms with Crippen LogP contribution in [-0.4, -0.2) is 9.55 Å². The number of imidazole rings is 1. The highest BCUT2D eigenvalue weighted by Crippen LogP contribution is 2.37. The van der Waals surface area contributed by atoms with Gasteiger partial charge in [-0.05, 0) is 38.8 Å². The maximum absolute atomic E-state index is 14.0. The van der Waals surface area contributed by atoms with E-state index in [-0.39, 0.29) is 11.9 Å². The number of fused-ring (bicyclic) bond motifs is 1. The minimum atomic E-state index is -0.409. The van der Waals surface area contributed by atoms with Crippen molar-refractivity contribution in [1.82, 2.24) is 9.55 Å². The largest absolute Gasteiger partial charge is 0.324 e. The average Bonchev–Trinajstić information content (AvgIpc) is 2.81. The third-order valence-corrected chi connectivity index (χ3v) is 4.38. The zero-order chi connectivity index (χ0) is 14.3. The summed E-state index contributed by atoms with van der Waals surface area (Å²) < 4.78 is 16.1. The van der Waals surface area contributed by atoms with Gasteiger partial charge in [-0.3, -0.25) is 0 Å². The Balaban J connectivity index is 2.24. The summed E-state index contributed by atoms with van der Waals surface area (Å²) in [5, 5.41) is 0. The molecule has 3 nitrogen and oxygen atoms in total. The monoisotopic (exact) mass is 275 g/mol. The van der Waals surface area contributed by atoms with Gasteiger partial charge in [0.05, 0.1) is 11.1 Å². The molecular formula is C16H22FN3. The molecule has 0 saturated heterocycles. The predicted molar refractivity (Wildman–Crippen MR) is 79.0 cm³/mol. The summed E-state index contributed by atoms with van der Waals surface area (Å²) in [6.07, 6.45) is 5.35. The van der Waals surface area contributed by atoms with E-state index >= 15 is 0 Å². The van der Waals surface area contributed by atoms with Crippen LogP contribution in [-0.2, 0) is 5.54 Å². The van der Waals surface area contributed by atoms with Crippen LogP contribution in [0.5, 0.6) is 0 Å². The van der Waals surface area contributed by atoms with Gasteiger partial charge in [0.15, 0.2) is 5.82 Å². The lowest BCUT2D eigenvalue weighted by molar-refractivity contribution is 0.275. The fourth-order valence-corrected chi connectivity index (χ4v) is 3.36. The summed E-state index contributed by atoms with van der Waals surface area (Å²) in [7, 11) is 0. The minimum absolute atomic E-state index is 0.221. The van der Waals surface area contributed by atoms with E-state index in [1.54, 1.807) is 6.07 Å². The molecule has 0 radical (unpaired) electrons. The van der Waals surface area contributed by atoms with Gasteiger partial charge < -0.3 is 10.3 Å². The Morgan fingerprint density at radius 2 is 1.95 bits per heavy atom. The van der Waals surface area contributed by atoms with Gasteiger partial charge in [-0.1, -0.05) is 25.3 Å². The topological polar surface area (TPSA) is 43.8 Å². The van der Waals surface area contributed by atoms with Crippen LogP contribution in [0.3, 0.4) is 0 Å². The molecule has 1 aromatic carbocycles. The summed E-state index contributed by atoms with van der Waals surface area (Å²) in [5.41, 5.74) is 7.52. The number of benzene rings is 1. The molecule has 20 heavy (non-hydrogen) atoms. The van der Waals surface area contributed by atoms with Crippen molar-refractivity contribution in [2.75, 3.05) is 0 Å². The fraction of sp³-hybridized carbons (Fsp3) is 0.562. The molecule has 0 bridgehead atoms. The zero-order valence-corrected chi connectivity index (χ0v) is 12.2. The van der Waals surface area contributed by atoms with Crippen LogP contribution in [0.15, 0.2) is 18.2 Å². The molecule has 2 N–H and O–H groups in total. The Bertz CT molecular complexity index is 624. The van der Waals surface area contributed by atoms with Crippen molar-refractivity contribution in [3.63, 3.8) is 0 Å². The molecule has 0 unspecified atom stereocenters. The molecule has 0 aliphatic heterocycles. The molecule has 0 atom stereocenters. The first kappa shape index (κ1) is 13.6. The second-order valence-corrected chi connectivity index (χ2v) is 6.22. The number of hydrogen-bond donors (Lipinski definition) is 1. The number of aromatic nitrogens is 2. The first-order chi connectivity index (χ1) is 9.53. The van der Waals surface area contributed by atoms with Crippen molar-refractivity contribution in [2.24, 2.45) is 5.73 Å². The van der Waals surface area contributed by atoms with Gasteiger partial charge in [-0.15, -0.1) is 0 Å². The number of rotatable bonds is 2. The molecule has 1 aromatic heterocycles. The number of para-hydroxylation sites is 1. The van der Waals surface area contributed by atoms with Gasteiger partial charge in [0.25, 0.3) is 0 Å². The molecule has 4 heteroatoms. The van der Waals surface area contributed by atoms with E-state index in [1.165, 1.54) is 12.5 Å². The van der Waals surface area contributed by atoms with Gasteiger partial charge in [0.2, 0.25) is 0 Å².